The molecule has 2 aromatic heterocycles. The Morgan fingerprint density at radius 1 is 0.404 bits per heavy atom. The summed E-state index contributed by atoms with van der Waals surface area (Å²) in [6, 6.07) is 53.9. The Kier molecular flexibility index (Phi) is 6.21. The minimum absolute atomic E-state index is 0.119. The molecular formula is C49H32N2S. The van der Waals surface area contributed by atoms with Crippen LogP contribution < -0.4 is 0 Å². The Morgan fingerprint density at radius 2 is 0.942 bits per heavy atom. The highest BCUT2D eigenvalue weighted by molar-refractivity contribution is 7.26. The minimum atomic E-state index is -0.119. The second-order valence-electron chi connectivity index (χ2n) is 14.6. The van der Waals surface area contributed by atoms with Crippen LogP contribution in [-0.4, -0.2) is 9.97 Å². The molecule has 0 radical (unpaired) electrons. The summed E-state index contributed by atoms with van der Waals surface area (Å²) in [7, 11) is 0. The van der Waals surface area contributed by atoms with E-state index in [-0.39, 0.29) is 5.41 Å². The first kappa shape index (κ1) is 29.6. The Labute approximate surface area is 305 Å². The fraction of sp³-hybridized carbons (Fsp3) is 0.0612. The lowest BCUT2D eigenvalue weighted by atomic mass is 9.80. The molecule has 0 saturated carbocycles. The first-order valence-corrected chi connectivity index (χ1v) is 18.7. The zero-order valence-corrected chi connectivity index (χ0v) is 29.6. The van der Waals surface area contributed by atoms with Gasteiger partial charge in [0.1, 0.15) is 0 Å². The van der Waals surface area contributed by atoms with E-state index in [4.69, 9.17) is 9.97 Å². The molecule has 0 bridgehead atoms. The van der Waals surface area contributed by atoms with E-state index >= 15 is 0 Å². The highest BCUT2D eigenvalue weighted by Gasteiger charge is 2.36. The Bertz CT molecular complexity index is 3060. The largest absolute Gasteiger partial charge is 0.252 e. The van der Waals surface area contributed by atoms with Gasteiger partial charge in [-0.25, -0.2) is 0 Å². The van der Waals surface area contributed by atoms with Crippen LogP contribution >= 0.6 is 11.3 Å². The van der Waals surface area contributed by atoms with E-state index in [1.807, 2.05) is 11.3 Å². The van der Waals surface area contributed by atoms with Crippen LogP contribution in [0, 0.1) is 0 Å². The second kappa shape index (κ2) is 10.9. The Morgan fingerprint density at radius 3 is 1.69 bits per heavy atom. The third-order valence-corrected chi connectivity index (χ3v) is 12.6. The molecule has 2 nitrogen and oxygen atoms in total. The predicted molar refractivity (Wildman–Crippen MR) is 221 cm³/mol. The quantitative estimate of drug-likeness (QED) is 0.174. The molecule has 0 aliphatic heterocycles. The molecule has 0 saturated heterocycles. The van der Waals surface area contributed by atoms with Crippen molar-refractivity contribution >= 4 is 64.1 Å². The van der Waals surface area contributed by atoms with Gasteiger partial charge >= 0.3 is 0 Å². The average Bonchev–Trinajstić information content (AvgIpc) is 3.69. The molecule has 0 unspecified atom stereocenters. The fourth-order valence-corrected chi connectivity index (χ4v) is 9.96. The van der Waals surface area contributed by atoms with E-state index in [1.54, 1.807) is 12.4 Å². The molecule has 52 heavy (non-hydrogen) atoms. The van der Waals surface area contributed by atoms with E-state index in [9.17, 15) is 0 Å². The lowest BCUT2D eigenvalue weighted by Gasteiger charge is -2.23. The van der Waals surface area contributed by atoms with Gasteiger partial charge in [0.25, 0.3) is 0 Å². The first-order chi connectivity index (χ1) is 25.5. The fourth-order valence-electron chi connectivity index (χ4n) is 8.73. The molecule has 3 heteroatoms. The van der Waals surface area contributed by atoms with Crippen LogP contribution in [-0.2, 0) is 5.41 Å². The van der Waals surface area contributed by atoms with Crippen molar-refractivity contribution in [3.63, 3.8) is 0 Å². The summed E-state index contributed by atoms with van der Waals surface area (Å²) in [5.74, 6) is 0. The summed E-state index contributed by atoms with van der Waals surface area (Å²) in [6.45, 7) is 4.76. The molecule has 0 atom stereocenters. The number of benzene rings is 8. The van der Waals surface area contributed by atoms with Crippen molar-refractivity contribution in [3.05, 3.63) is 169 Å². The molecule has 1 aliphatic rings. The number of thiophene rings is 1. The van der Waals surface area contributed by atoms with Crippen LogP contribution in [0.3, 0.4) is 0 Å². The number of fused-ring (bicyclic) bond motifs is 12. The molecule has 8 aromatic carbocycles. The maximum Gasteiger partial charge on any atom is 0.0971 e. The van der Waals surface area contributed by atoms with Crippen LogP contribution in [0.4, 0.5) is 0 Å². The number of aromatic nitrogens is 2. The molecule has 0 fully saturated rings. The van der Waals surface area contributed by atoms with Gasteiger partial charge in [-0.15, -0.1) is 11.3 Å². The molecule has 0 spiro atoms. The van der Waals surface area contributed by atoms with Gasteiger partial charge in [0.05, 0.1) is 11.0 Å². The monoisotopic (exact) mass is 680 g/mol. The van der Waals surface area contributed by atoms with E-state index in [0.717, 1.165) is 21.8 Å². The first-order valence-electron chi connectivity index (χ1n) is 17.9. The zero-order chi connectivity index (χ0) is 34.6. The Hall–Kier alpha value is -6.16. The molecule has 0 N–H and O–H groups in total. The lowest BCUT2D eigenvalue weighted by Crippen LogP contribution is -2.15. The maximum atomic E-state index is 4.78. The number of nitrogens with zero attached hydrogens (tertiary/aromatic N) is 2. The maximum absolute atomic E-state index is 4.78. The lowest BCUT2D eigenvalue weighted by molar-refractivity contribution is 0.661. The highest BCUT2D eigenvalue weighted by atomic mass is 32.1. The molecule has 0 amide bonds. The zero-order valence-electron chi connectivity index (χ0n) is 28.8. The van der Waals surface area contributed by atoms with Crippen LogP contribution in [0.1, 0.15) is 25.0 Å². The van der Waals surface area contributed by atoms with Crippen molar-refractivity contribution in [3.8, 4) is 44.5 Å². The van der Waals surface area contributed by atoms with Gasteiger partial charge < -0.3 is 0 Å². The van der Waals surface area contributed by atoms with Gasteiger partial charge in [0, 0.05) is 48.8 Å². The Balaban J connectivity index is 0.948. The van der Waals surface area contributed by atoms with Gasteiger partial charge in [-0.05, 0) is 90.7 Å². The van der Waals surface area contributed by atoms with E-state index in [0.29, 0.717) is 0 Å². The highest BCUT2D eigenvalue weighted by Crippen LogP contribution is 2.51. The molecule has 2 heterocycles. The topological polar surface area (TPSA) is 25.8 Å². The smallest absolute Gasteiger partial charge is 0.0971 e. The molecular weight excluding hydrogens is 649 g/mol. The standard InChI is InChI=1S/C49H32N2S/c1-49(2)43-27-32(19-22-37(43)38-23-20-33(28-44(38)49)34-11-7-12-41-39-9-5-6-13-45(39)52-48(34)41)30-16-14-29(15-17-30)31-18-21-36-35-8-3-4-10-40(35)46-47(42(36)26-31)51-25-24-50-46/h3-28H,1-2H3. The average molecular weight is 681 g/mol. The second-order valence-corrected chi connectivity index (χ2v) is 15.6. The summed E-state index contributed by atoms with van der Waals surface area (Å²) in [5, 5.41) is 7.37. The summed E-state index contributed by atoms with van der Waals surface area (Å²) in [4.78, 5) is 9.51. The van der Waals surface area contributed by atoms with Gasteiger partial charge in [-0.1, -0.05) is 135 Å². The normalized spacial score (nSPS) is 13.3. The third kappa shape index (κ3) is 4.23. The van der Waals surface area contributed by atoms with Crippen molar-refractivity contribution in [2.75, 3.05) is 0 Å². The number of hydrogen-bond acceptors (Lipinski definition) is 3. The molecule has 11 rings (SSSR count). The summed E-state index contributed by atoms with van der Waals surface area (Å²) in [5.41, 5.74) is 14.7. The van der Waals surface area contributed by atoms with E-state index in [1.165, 1.54) is 86.6 Å². The van der Waals surface area contributed by atoms with Crippen molar-refractivity contribution in [1.29, 1.82) is 0 Å². The summed E-state index contributed by atoms with van der Waals surface area (Å²) >= 11 is 1.90. The van der Waals surface area contributed by atoms with Gasteiger partial charge in [-0.3, -0.25) is 9.97 Å². The van der Waals surface area contributed by atoms with Crippen LogP contribution in [0.25, 0.3) is 97.3 Å². The predicted octanol–water partition coefficient (Wildman–Crippen LogP) is 13.6. The number of hydrogen-bond donors (Lipinski definition) is 0. The SMILES string of the molecule is CC1(C)c2cc(-c3ccc(-c4ccc5c6ccccc6c6nccnc6c5c4)cc3)ccc2-c2ccc(-c3cccc4c3sc3ccccc34)cc21. The molecule has 244 valence electrons. The summed E-state index contributed by atoms with van der Waals surface area (Å²) < 4.78 is 2.70. The van der Waals surface area contributed by atoms with Crippen molar-refractivity contribution in [1.82, 2.24) is 9.97 Å². The molecule has 1 aliphatic carbocycles. The van der Waals surface area contributed by atoms with E-state index in [2.05, 4.69) is 159 Å². The van der Waals surface area contributed by atoms with Gasteiger partial charge in [0.15, 0.2) is 0 Å². The van der Waals surface area contributed by atoms with Crippen molar-refractivity contribution in [2.24, 2.45) is 0 Å². The van der Waals surface area contributed by atoms with Crippen LogP contribution in [0.2, 0.25) is 0 Å². The van der Waals surface area contributed by atoms with Crippen molar-refractivity contribution in [2.45, 2.75) is 19.3 Å². The third-order valence-electron chi connectivity index (χ3n) is 11.4. The van der Waals surface area contributed by atoms with Gasteiger partial charge in [-0.2, -0.15) is 0 Å². The minimum Gasteiger partial charge on any atom is -0.252 e. The van der Waals surface area contributed by atoms with Crippen molar-refractivity contribution < 1.29 is 0 Å². The summed E-state index contributed by atoms with van der Waals surface area (Å²) in [6.07, 6.45) is 3.58. The van der Waals surface area contributed by atoms with Crippen LogP contribution in [0.5, 0.6) is 0 Å². The van der Waals surface area contributed by atoms with Crippen LogP contribution in [0.15, 0.2) is 158 Å². The molecule has 10 aromatic rings. The number of rotatable bonds is 3. The van der Waals surface area contributed by atoms with Gasteiger partial charge in [0.2, 0.25) is 0 Å². The van der Waals surface area contributed by atoms with E-state index < -0.39 is 0 Å².